The molecular formula is C95H116N30O6. The number of nitrogens with zero attached hydrogens (tertiary/aromatic N) is 20. The number of hydrogen-bond acceptors (Lipinski definition) is 31. The lowest BCUT2D eigenvalue weighted by Gasteiger charge is -2.14. The molecule has 0 aliphatic carbocycles. The van der Waals surface area contributed by atoms with Crippen molar-refractivity contribution in [2.45, 2.75) is 133 Å². The number of rotatable bonds is 33. The molecule has 0 saturated heterocycles. The van der Waals surface area contributed by atoms with Crippen LogP contribution >= 0.6 is 0 Å². The van der Waals surface area contributed by atoms with E-state index in [4.69, 9.17) is 25.2 Å². The summed E-state index contributed by atoms with van der Waals surface area (Å²) in [5, 5.41) is 81.0. The number of benzene rings is 7. The first-order chi connectivity index (χ1) is 63.5. The molecule has 15 N–H and O–H groups in total. The average molecular weight is 1770 g/mol. The summed E-state index contributed by atoms with van der Waals surface area (Å²) in [6, 6.07) is 57.2. The number of methoxy groups -OCH3 is 1. The number of fused-ring (bicyclic) bond motifs is 6. The fourth-order valence-corrected chi connectivity index (χ4v) is 13.9. The largest absolute Gasteiger partial charge is 0.495 e. The predicted octanol–water partition coefficient (Wildman–Crippen LogP) is 16.5. The molecule has 0 aliphatic heterocycles. The number of ether oxygens (including phenoxy) is 1. The third-order valence-corrected chi connectivity index (χ3v) is 20.6. The van der Waals surface area contributed by atoms with Gasteiger partial charge in [0.2, 0.25) is 29.7 Å². The average Bonchev–Trinajstić information content (AvgIpc) is 1.67. The van der Waals surface area contributed by atoms with Crippen molar-refractivity contribution in [3.63, 3.8) is 0 Å². The van der Waals surface area contributed by atoms with Crippen LogP contribution in [0.4, 0.5) is 81.6 Å². The predicted molar refractivity (Wildman–Crippen MR) is 522 cm³/mol. The summed E-state index contributed by atoms with van der Waals surface area (Å²) in [5.41, 5.74) is 16.5. The van der Waals surface area contributed by atoms with E-state index in [1.54, 1.807) is 38.7 Å². The standard InChI is InChI=1S/C24H28N6O.C20H22N6O.C17H22N6O2.2C17H22N6O/c1-16(2)30-15-27-21-22(25-13-18-11-9-17(3)10-12-18)28-24(29-23(21)30)26-14-20(31)19-7-5-4-6-8-19;1-13(2)26-12-22-17-18(24-20(21-9-10-27)25-19(17)26)23-16-8-7-14-5-3-4-6-15(14)11-16;1-11(2)23-10-19-14-15(20-12-6-4-5-7-13(12)25-3)21-17(18-8-9-24)22-16(14)23;2*1-11(2)23-10-19-14-15(20-13-6-4-5-12(3)9-13)21-17(18-7-8-24)22-16(14)23/h4-12,15-16,20,31H,13-14H2,1-3H3,(H2,25,26,28,29);3-8,11-13,27H,9-10H2,1-2H3,(H2,21,23,24,25);4-7,10-11,24H,8-9H2,1-3H3,(H2,18,20,21,22);2*4-6,9-11,24H,7-8H2,1-3H3,(H2,18,20,21,22). The van der Waals surface area contributed by atoms with E-state index in [0.29, 0.717) is 115 Å². The third kappa shape index (κ3) is 24.1. The van der Waals surface area contributed by atoms with Crippen molar-refractivity contribution in [3.05, 3.63) is 229 Å². The molecule has 1 unspecified atom stereocenters. The van der Waals surface area contributed by atoms with E-state index in [2.05, 4.69) is 253 Å². The molecule has 36 heteroatoms. The Morgan fingerprint density at radius 2 is 0.672 bits per heavy atom. The fraction of sp³-hybridized carbons (Fsp3) is 0.316. The molecule has 1 atom stereocenters. The molecule has 10 aromatic heterocycles. The molecular weight excluding hydrogens is 1660 g/mol. The van der Waals surface area contributed by atoms with Crippen LogP contribution in [0.1, 0.15) is 133 Å². The molecule has 0 saturated carbocycles. The maximum atomic E-state index is 10.5. The molecule has 0 aliphatic rings. The van der Waals surface area contributed by atoms with Gasteiger partial charge in [0.05, 0.1) is 77.0 Å². The number of para-hydroxylation sites is 2. The number of aromatic nitrogens is 20. The van der Waals surface area contributed by atoms with Crippen LogP contribution in [0.25, 0.3) is 66.6 Å². The van der Waals surface area contributed by atoms with Crippen molar-refractivity contribution in [1.29, 1.82) is 0 Å². The summed E-state index contributed by atoms with van der Waals surface area (Å²) in [7, 11) is 1.62. The maximum Gasteiger partial charge on any atom is 0.226 e. The Morgan fingerprint density at radius 1 is 0.321 bits per heavy atom. The van der Waals surface area contributed by atoms with E-state index in [0.717, 1.165) is 95.2 Å². The third-order valence-electron chi connectivity index (χ3n) is 20.6. The number of aliphatic hydroxyl groups excluding tert-OH is 5. The summed E-state index contributed by atoms with van der Waals surface area (Å²) < 4.78 is 15.4. The molecule has 7 aromatic carbocycles. The molecule has 0 amide bonds. The van der Waals surface area contributed by atoms with Gasteiger partial charge in [0.1, 0.15) is 5.75 Å². The molecule has 10 heterocycles. The molecule has 0 bridgehead atoms. The number of aliphatic hydroxyl groups is 5. The highest BCUT2D eigenvalue weighted by Crippen LogP contribution is 2.35. The van der Waals surface area contributed by atoms with Crippen LogP contribution in [0, 0.1) is 20.8 Å². The molecule has 17 aromatic rings. The SMILES string of the molecule is CC(C)n1cnc2c(Nc3ccc4ccccc4c3)nc(NCCO)nc21.COc1ccccc1Nc1nc(NCCO)nc2c1ncn2C(C)C.Cc1ccc(CNc2nc(NCC(O)c3ccccc3)nc3c2ncn3C(C)C)cc1.Cc1cccc(Nc2nc(NCCO)nc3c2ncn3C(C)C)c1.Cc1cccc(Nc2nc(NCCO)nc3c2ncn3C(C)C)c1. The Bertz CT molecular complexity index is 6450. The summed E-state index contributed by atoms with van der Waals surface area (Å²) in [6.07, 6.45) is 8.24. The van der Waals surface area contributed by atoms with Gasteiger partial charge in [-0.2, -0.15) is 49.8 Å². The van der Waals surface area contributed by atoms with Crippen molar-refractivity contribution in [1.82, 2.24) is 97.6 Å². The zero-order valence-corrected chi connectivity index (χ0v) is 76.2. The van der Waals surface area contributed by atoms with Gasteiger partial charge < -0.3 is 106 Å². The minimum atomic E-state index is -0.653. The van der Waals surface area contributed by atoms with E-state index in [-0.39, 0.29) is 56.6 Å². The van der Waals surface area contributed by atoms with E-state index in [1.165, 1.54) is 10.9 Å². The van der Waals surface area contributed by atoms with Crippen LogP contribution in [0.3, 0.4) is 0 Å². The highest BCUT2D eigenvalue weighted by Gasteiger charge is 2.23. The van der Waals surface area contributed by atoms with Gasteiger partial charge in [0, 0.05) is 86.5 Å². The number of aryl methyl sites for hydroxylation is 3. The van der Waals surface area contributed by atoms with Gasteiger partial charge in [-0.05, 0) is 172 Å². The molecule has 0 radical (unpaired) electrons. The lowest BCUT2D eigenvalue weighted by atomic mass is 10.1. The molecule has 0 fully saturated rings. The van der Waals surface area contributed by atoms with Crippen LogP contribution in [0.5, 0.6) is 5.75 Å². The summed E-state index contributed by atoms with van der Waals surface area (Å²) >= 11 is 0. The smallest absolute Gasteiger partial charge is 0.226 e. The Labute approximate surface area is 759 Å². The molecule has 17 rings (SSSR count). The van der Waals surface area contributed by atoms with Crippen molar-refractivity contribution in [2.75, 3.05) is 119 Å². The van der Waals surface area contributed by atoms with Crippen LogP contribution in [0.2, 0.25) is 0 Å². The Kier molecular flexibility index (Phi) is 32.0. The second-order valence-electron chi connectivity index (χ2n) is 32.3. The maximum absolute atomic E-state index is 10.5. The second kappa shape index (κ2) is 44.7. The van der Waals surface area contributed by atoms with E-state index < -0.39 is 6.10 Å². The van der Waals surface area contributed by atoms with Crippen LogP contribution < -0.4 is 57.9 Å². The van der Waals surface area contributed by atoms with Crippen LogP contribution in [0.15, 0.2) is 201 Å². The highest BCUT2D eigenvalue weighted by atomic mass is 16.5. The zero-order valence-electron chi connectivity index (χ0n) is 76.2. The normalized spacial score (nSPS) is 11.5. The lowest BCUT2D eigenvalue weighted by molar-refractivity contribution is 0.191. The van der Waals surface area contributed by atoms with Gasteiger partial charge in [0.25, 0.3) is 0 Å². The first-order valence-electron chi connectivity index (χ1n) is 43.7. The molecule has 0 spiro atoms. The number of hydrogen-bond donors (Lipinski definition) is 15. The van der Waals surface area contributed by atoms with Crippen molar-refractivity contribution in [3.8, 4) is 5.75 Å². The van der Waals surface area contributed by atoms with E-state index in [9.17, 15) is 5.11 Å². The van der Waals surface area contributed by atoms with Crippen LogP contribution in [-0.4, -0.2) is 189 Å². The quantitative estimate of drug-likeness (QED) is 0.0182. The lowest BCUT2D eigenvalue weighted by Crippen LogP contribution is -2.15. The number of imidazole rings is 5. The topological polar surface area (TPSA) is 449 Å². The molecule has 682 valence electrons. The molecule has 36 nitrogen and oxygen atoms in total. The Morgan fingerprint density at radius 3 is 1.06 bits per heavy atom. The van der Waals surface area contributed by atoms with Gasteiger partial charge >= 0.3 is 0 Å². The Hall–Kier alpha value is -14.9. The fourth-order valence-electron chi connectivity index (χ4n) is 13.9. The monoisotopic (exact) mass is 1770 g/mol. The Balaban J connectivity index is 0.000000140. The minimum absolute atomic E-state index is 0.000109. The van der Waals surface area contributed by atoms with Crippen molar-refractivity contribution >= 4 is 148 Å². The van der Waals surface area contributed by atoms with Gasteiger partial charge in [0.15, 0.2) is 84.9 Å². The molecule has 131 heavy (non-hydrogen) atoms. The zero-order chi connectivity index (χ0) is 92.6. The number of nitrogens with one attached hydrogen (secondary N) is 10. The first-order valence-corrected chi connectivity index (χ1v) is 43.7. The summed E-state index contributed by atoms with van der Waals surface area (Å²) in [6.45, 7) is 29.5. The van der Waals surface area contributed by atoms with Crippen molar-refractivity contribution in [2.24, 2.45) is 0 Å². The van der Waals surface area contributed by atoms with E-state index in [1.807, 2.05) is 158 Å². The summed E-state index contributed by atoms with van der Waals surface area (Å²) in [5.74, 6) is 6.16. The summed E-state index contributed by atoms with van der Waals surface area (Å²) in [4.78, 5) is 68.1. The van der Waals surface area contributed by atoms with Gasteiger partial charge in [-0.15, -0.1) is 0 Å². The van der Waals surface area contributed by atoms with E-state index >= 15 is 0 Å². The van der Waals surface area contributed by atoms with Gasteiger partial charge in [-0.3, -0.25) is 0 Å². The van der Waals surface area contributed by atoms with Crippen molar-refractivity contribution < 1.29 is 30.3 Å². The van der Waals surface area contributed by atoms with Gasteiger partial charge in [-0.1, -0.05) is 127 Å². The minimum Gasteiger partial charge on any atom is -0.495 e. The number of anilines is 14. The van der Waals surface area contributed by atoms with Crippen LogP contribution in [-0.2, 0) is 6.54 Å². The first kappa shape index (κ1) is 93.8. The second-order valence-corrected chi connectivity index (χ2v) is 32.3. The van der Waals surface area contributed by atoms with Gasteiger partial charge in [-0.25, -0.2) is 24.9 Å². The highest BCUT2D eigenvalue weighted by molar-refractivity contribution is 5.92.